The number of fused-ring (bicyclic) bond motifs is 1. The molecule has 4 rings (SSSR count). The minimum absolute atomic E-state index is 0.270. The number of aryl methyl sites for hydroxylation is 3. The molecule has 0 bridgehead atoms. The van der Waals surface area contributed by atoms with Gasteiger partial charge in [-0.3, -0.25) is 9.36 Å². The van der Waals surface area contributed by atoms with Crippen LogP contribution in [0.4, 0.5) is 0 Å². The second-order valence-corrected chi connectivity index (χ2v) is 9.06. The van der Waals surface area contributed by atoms with Crippen molar-refractivity contribution in [1.82, 2.24) is 9.55 Å². The number of carboxylic acids is 1. The molecule has 2 heterocycles. The number of thiophene rings is 1. The third-order valence-electron chi connectivity index (χ3n) is 5.63. The van der Waals surface area contributed by atoms with Crippen LogP contribution in [0.3, 0.4) is 0 Å². The van der Waals surface area contributed by atoms with Crippen molar-refractivity contribution < 1.29 is 9.90 Å². The maximum Gasteiger partial charge on any atom is 0.326 e. The Hall–Kier alpha value is -3.25. The largest absolute Gasteiger partial charge is 0.480 e. The molecule has 164 valence electrons. The summed E-state index contributed by atoms with van der Waals surface area (Å²) in [5.41, 5.74) is 2.97. The molecular formula is C26H26N2O3S. The molecule has 0 amide bonds. The molecule has 4 aromatic rings. The van der Waals surface area contributed by atoms with E-state index in [1.54, 1.807) is 0 Å². The Kier molecular flexibility index (Phi) is 6.51. The van der Waals surface area contributed by atoms with Crippen molar-refractivity contribution in [3.63, 3.8) is 0 Å². The second-order valence-electron chi connectivity index (χ2n) is 8.03. The van der Waals surface area contributed by atoms with E-state index in [-0.39, 0.29) is 5.56 Å². The summed E-state index contributed by atoms with van der Waals surface area (Å²) >= 11 is 1.47. The number of aromatic nitrogens is 2. The van der Waals surface area contributed by atoms with Gasteiger partial charge in [0.05, 0.1) is 5.39 Å². The van der Waals surface area contributed by atoms with Crippen LogP contribution in [0.15, 0.2) is 65.5 Å². The van der Waals surface area contributed by atoms with Gasteiger partial charge in [0, 0.05) is 11.3 Å². The second kappa shape index (κ2) is 9.49. The molecule has 0 radical (unpaired) electrons. The van der Waals surface area contributed by atoms with Gasteiger partial charge in [0.15, 0.2) is 0 Å². The molecule has 5 nitrogen and oxygen atoms in total. The van der Waals surface area contributed by atoms with Crippen LogP contribution in [0.2, 0.25) is 0 Å². The van der Waals surface area contributed by atoms with Crippen molar-refractivity contribution in [2.24, 2.45) is 0 Å². The smallest absolute Gasteiger partial charge is 0.326 e. The lowest BCUT2D eigenvalue weighted by Gasteiger charge is -2.19. The number of hydrogen-bond acceptors (Lipinski definition) is 4. The molecule has 2 aromatic carbocycles. The van der Waals surface area contributed by atoms with Crippen molar-refractivity contribution in [3.8, 4) is 10.4 Å². The Morgan fingerprint density at radius 2 is 1.81 bits per heavy atom. The zero-order valence-corrected chi connectivity index (χ0v) is 19.1. The van der Waals surface area contributed by atoms with Crippen LogP contribution < -0.4 is 5.56 Å². The Bertz CT molecular complexity index is 1290. The highest BCUT2D eigenvalue weighted by Gasteiger charge is 2.26. The molecule has 1 atom stereocenters. The Morgan fingerprint density at radius 1 is 1.09 bits per heavy atom. The normalized spacial score (nSPS) is 12.2. The van der Waals surface area contributed by atoms with E-state index in [0.717, 1.165) is 28.0 Å². The molecule has 0 spiro atoms. The van der Waals surface area contributed by atoms with E-state index in [9.17, 15) is 14.7 Å². The first kappa shape index (κ1) is 22.0. The van der Waals surface area contributed by atoms with Crippen LogP contribution in [0.25, 0.3) is 20.7 Å². The first-order valence-corrected chi connectivity index (χ1v) is 11.7. The fourth-order valence-electron chi connectivity index (χ4n) is 3.92. The SMILES string of the molecule is CCCc1nc2sc(-c3ccccc3)cc2c(=O)n1C(CCc1ccc(C)cc1)C(=O)O. The minimum atomic E-state index is -1.00. The van der Waals surface area contributed by atoms with Crippen molar-refractivity contribution in [2.45, 2.75) is 45.6 Å². The van der Waals surface area contributed by atoms with Gasteiger partial charge in [0.2, 0.25) is 0 Å². The molecule has 6 heteroatoms. The van der Waals surface area contributed by atoms with E-state index < -0.39 is 12.0 Å². The maximum atomic E-state index is 13.5. The van der Waals surface area contributed by atoms with Gasteiger partial charge in [-0.1, -0.05) is 67.1 Å². The van der Waals surface area contributed by atoms with Gasteiger partial charge in [0.25, 0.3) is 5.56 Å². The number of aliphatic carboxylic acids is 1. The van der Waals surface area contributed by atoms with Gasteiger partial charge in [-0.2, -0.15) is 0 Å². The van der Waals surface area contributed by atoms with E-state index in [1.165, 1.54) is 15.9 Å². The molecule has 0 saturated heterocycles. The Labute approximate surface area is 191 Å². The standard InChI is InChI=1S/C26H26N2O3S/c1-3-7-23-27-24-20(16-22(32-24)19-8-5-4-6-9-19)25(29)28(23)21(26(30)31)15-14-18-12-10-17(2)11-13-18/h4-6,8-13,16,21H,3,7,14-15H2,1-2H3,(H,30,31). The van der Waals surface area contributed by atoms with E-state index in [4.69, 9.17) is 4.98 Å². The lowest BCUT2D eigenvalue weighted by atomic mass is 10.0. The van der Waals surface area contributed by atoms with Crippen LogP contribution in [0.5, 0.6) is 0 Å². The molecule has 0 aliphatic heterocycles. The number of rotatable bonds is 8. The van der Waals surface area contributed by atoms with Crippen molar-refractivity contribution >= 4 is 27.5 Å². The average molecular weight is 447 g/mol. The topological polar surface area (TPSA) is 72.2 Å². The number of carbonyl (C=O) groups is 1. The fourth-order valence-corrected chi connectivity index (χ4v) is 4.97. The third kappa shape index (κ3) is 4.50. The summed E-state index contributed by atoms with van der Waals surface area (Å²) in [7, 11) is 0. The number of hydrogen-bond donors (Lipinski definition) is 1. The lowest BCUT2D eigenvalue weighted by molar-refractivity contribution is -0.141. The van der Waals surface area contributed by atoms with E-state index >= 15 is 0 Å². The highest BCUT2D eigenvalue weighted by atomic mass is 32.1. The van der Waals surface area contributed by atoms with E-state index in [1.807, 2.05) is 74.5 Å². The van der Waals surface area contributed by atoms with Crippen LogP contribution >= 0.6 is 11.3 Å². The van der Waals surface area contributed by atoms with E-state index in [2.05, 4.69) is 0 Å². The molecular weight excluding hydrogens is 420 g/mol. The summed E-state index contributed by atoms with van der Waals surface area (Å²) in [5.74, 6) is -0.459. The molecule has 32 heavy (non-hydrogen) atoms. The Balaban J connectivity index is 1.77. The van der Waals surface area contributed by atoms with Crippen molar-refractivity contribution in [1.29, 1.82) is 0 Å². The summed E-state index contributed by atoms with van der Waals surface area (Å²) < 4.78 is 1.42. The minimum Gasteiger partial charge on any atom is -0.480 e. The van der Waals surface area contributed by atoms with Gasteiger partial charge < -0.3 is 5.11 Å². The quantitative estimate of drug-likeness (QED) is 0.380. The van der Waals surface area contributed by atoms with Crippen LogP contribution in [0.1, 0.15) is 42.8 Å². The lowest BCUT2D eigenvalue weighted by Crippen LogP contribution is -2.33. The predicted octanol–water partition coefficient (Wildman–Crippen LogP) is 5.64. The zero-order valence-electron chi connectivity index (χ0n) is 18.2. The van der Waals surface area contributed by atoms with Crippen molar-refractivity contribution in [3.05, 3.63) is 88.0 Å². The van der Waals surface area contributed by atoms with Gasteiger partial charge >= 0.3 is 5.97 Å². The molecule has 0 aliphatic rings. The molecule has 0 aliphatic carbocycles. The predicted molar refractivity (Wildman–Crippen MR) is 129 cm³/mol. The summed E-state index contributed by atoms with van der Waals surface area (Å²) in [6.07, 6.45) is 2.24. The number of carboxylic acid groups (broad SMARTS) is 1. The van der Waals surface area contributed by atoms with Crippen LogP contribution in [0, 0.1) is 6.92 Å². The van der Waals surface area contributed by atoms with Crippen LogP contribution in [-0.2, 0) is 17.6 Å². The van der Waals surface area contributed by atoms with Crippen LogP contribution in [-0.4, -0.2) is 20.6 Å². The first-order valence-electron chi connectivity index (χ1n) is 10.9. The monoisotopic (exact) mass is 446 g/mol. The average Bonchev–Trinajstić information content (AvgIpc) is 3.22. The third-order valence-corrected chi connectivity index (χ3v) is 6.70. The summed E-state index contributed by atoms with van der Waals surface area (Å²) in [6, 6.07) is 18.8. The van der Waals surface area contributed by atoms with Gasteiger partial charge in [-0.15, -0.1) is 11.3 Å². The van der Waals surface area contributed by atoms with Gasteiger partial charge in [0.1, 0.15) is 16.7 Å². The molecule has 1 unspecified atom stereocenters. The number of nitrogens with zero attached hydrogens (tertiary/aromatic N) is 2. The van der Waals surface area contributed by atoms with Gasteiger partial charge in [-0.05, 0) is 43.4 Å². The molecule has 0 saturated carbocycles. The fraction of sp³-hybridized carbons (Fsp3) is 0.269. The highest BCUT2D eigenvalue weighted by molar-refractivity contribution is 7.21. The summed E-state index contributed by atoms with van der Waals surface area (Å²) in [6.45, 7) is 4.03. The summed E-state index contributed by atoms with van der Waals surface area (Å²) in [4.78, 5) is 32.2. The first-order chi connectivity index (χ1) is 15.5. The van der Waals surface area contributed by atoms with E-state index in [0.29, 0.717) is 35.3 Å². The zero-order chi connectivity index (χ0) is 22.7. The van der Waals surface area contributed by atoms with Crippen molar-refractivity contribution in [2.75, 3.05) is 0 Å². The number of benzene rings is 2. The van der Waals surface area contributed by atoms with Gasteiger partial charge in [-0.25, -0.2) is 9.78 Å². The summed E-state index contributed by atoms with van der Waals surface area (Å²) in [5, 5.41) is 10.5. The molecule has 0 fully saturated rings. The molecule has 2 aromatic heterocycles. The maximum absolute atomic E-state index is 13.5. The molecule has 1 N–H and O–H groups in total. The Morgan fingerprint density at radius 3 is 2.47 bits per heavy atom. The highest BCUT2D eigenvalue weighted by Crippen LogP contribution is 2.32.